The number of carbonyl (C=O) groups is 1. The van der Waals surface area contributed by atoms with Crippen molar-refractivity contribution >= 4 is 17.1 Å². The van der Waals surface area contributed by atoms with E-state index in [1.165, 1.54) is 4.68 Å². The summed E-state index contributed by atoms with van der Waals surface area (Å²) in [6.45, 7) is 4.67. The Morgan fingerprint density at radius 3 is 2.79 bits per heavy atom. The molecular weight excluding hydrogens is 374 g/mol. The summed E-state index contributed by atoms with van der Waals surface area (Å²) >= 11 is 1.56. The Kier molecular flexibility index (Phi) is 6.46. The summed E-state index contributed by atoms with van der Waals surface area (Å²) in [5.41, 5.74) is 1.71. The normalized spacial score (nSPS) is 11.1. The van der Waals surface area contributed by atoms with Crippen LogP contribution in [-0.2, 0) is 24.3 Å². The third kappa shape index (κ3) is 4.78. The summed E-state index contributed by atoms with van der Waals surface area (Å²) < 4.78 is 8.18. The summed E-state index contributed by atoms with van der Waals surface area (Å²) in [7, 11) is 1.62. The Hall–Kier alpha value is -2.67. The van der Waals surface area contributed by atoms with E-state index in [0.717, 1.165) is 16.9 Å². The molecule has 0 radical (unpaired) electrons. The van der Waals surface area contributed by atoms with Gasteiger partial charge in [0.15, 0.2) is 11.6 Å². The van der Waals surface area contributed by atoms with E-state index in [2.05, 4.69) is 18.9 Å². The molecule has 28 heavy (non-hydrogen) atoms. The number of Topliss-reactive ketones (excluding diaryl/α,β-unsaturated/α-hetero) is 1. The number of hydrogen-bond acceptors (Lipinski definition) is 5. The molecule has 2 heterocycles. The maximum atomic E-state index is 12.8. The molecular formula is C21H25N3O3S. The highest BCUT2D eigenvalue weighted by Gasteiger charge is 2.18. The Balaban J connectivity index is 1.74. The van der Waals surface area contributed by atoms with E-state index in [9.17, 15) is 9.59 Å². The molecule has 0 saturated heterocycles. The van der Waals surface area contributed by atoms with E-state index in [4.69, 9.17) is 4.74 Å². The molecule has 2 aromatic heterocycles. The summed E-state index contributed by atoms with van der Waals surface area (Å²) in [6.07, 6.45) is 0.958. The number of benzene rings is 1. The topological polar surface area (TPSA) is 66.1 Å². The Bertz CT molecular complexity index is 987. The van der Waals surface area contributed by atoms with Gasteiger partial charge in [-0.2, -0.15) is 11.3 Å². The minimum absolute atomic E-state index is 0.00889. The van der Waals surface area contributed by atoms with E-state index >= 15 is 0 Å². The van der Waals surface area contributed by atoms with E-state index in [-0.39, 0.29) is 18.0 Å². The molecule has 0 aliphatic rings. The van der Waals surface area contributed by atoms with Crippen molar-refractivity contribution in [2.75, 3.05) is 7.11 Å². The number of thiophene rings is 1. The summed E-state index contributed by atoms with van der Waals surface area (Å²) in [6, 6.07) is 9.61. The van der Waals surface area contributed by atoms with Crippen LogP contribution in [0, 0.1) is 5.92 Å². The fraction of sp³-hybridized carbons (Fsp3) is 0.381. The van der Waals surface area contributed by atoms with Crippen molar-refractivity contribution in [1.82, 2.24) is 14.3 Å². The van der Waals surface area contributed by atoms with Crippen LogP contribution in [0.5, 0.6) is 5.75 Å². The van der Waals surface area contributed by atoms with Gasteiger partial charge in [0.2, 0.25) is 0 Å². The predicted octanol–water partition coefficient (Wildman–Crippen LogP) is 3.64. The van der Waals surface area contributed by atoms with Crippen LogP contribution in [0.15, 0.2) is 45.9 Å². The van der Waals surface area contributed by atoms with Crippen molar-refractivity contribution in [3.05, 3.63) is 57.1 Å². The fourth-order valence-corrected chi connectivity index (χ4v) is 3.67. The smallest absolute Gasteiger partial charge is 0.346 e. The third-order valence-corrected chi connectivity index (χ3v) is 5.09. The molecule has 0 fully saturated rings. The van der Waals surface area contributed by atoms with Crippen molar-refractivity contribution in [2.45, 2.75) is 39.8 Å². The summed E-state index contributed by atoms with van der Waals surface area (Å²) in [5, 5.41) is 8.38. The highest BCUT2D eigenvalue weighted by molar-refractivity contribution is 7.08. The first-order chi connectivity index (χ1) is 13.5. The van der Waals surface area contributed by atoms with Gasteiger partial charge in [0, 0.05) is 23.9 Å². The average Bonchev–Trinajstić information content (AvgIpc) is 3.30. The van der Waals surface area contributed by atoms with Crippen molar-refractivity contribution in [2.24, 2.45) is 5.92 Å². The van der Waals surface area contributed by atoms with Crippen LogP contribution in [0.4, 0.5) is 0 Å². The highest BCUT2D eigenvalue weighted by Crippen LogP contribution is 2.20. The van der Waals surface area contributed by atoms with E-state index in [1.54, 1.807) is 23.0 Å². The molecule has 0 atom stereocenters. The second-order valence-corrected chi connectivity index (χ2v) is 7.95. The molecule has 7 heteroatoms. The lowest BCUT2D eigenvalue weighted by Gasteiger charge is -2.06. The van der Waals surface area contributed by atoms with Gasteiger partial charge in [0.05, 0.1) is 7.11 Å². The van der Waals surface area contributed by atoms with Gasteiger partial charge in [-0.25, -0.2) is 9.48 Å². The van der Waals surface area contributed by atoms with E-state index < -0.39 is 0 Å². The van der Waals surface area contributed by atoms with Crippen LogP contribution in [0.3, 0.4) is 0 Å². The summed E-state index contributed by atoms with van der Waals surface area (Å²) in [4.78, 5) is 25.3. The van der Waals surface area contributed by atoms with Crippen molar-refractivity contribution < 1.29 is 9.53 Å². The van der Waals surface area contributed by atoms with E-state index in [0.29, 0.717) is 31.1 Å². The van der Waals surface area contributed by atoms with Gasteiger partial charge in [0.25, 0.3) is 0 Å². The molecule has 3 rings (SSSR count). The van der Waals surface area contributed by atoms with Crippen molar-refractivity contribution in [3.63, 3.8) is 0 Å². The number of aryl methyl sites for hydroxylation is 1. The second kappa shape index (κ2) is 9.01. The fourth-order valence-electron chi connectivity index (χ4n) is 3.04. The first kappa shape index (κ1) is 20.1. The molecule has 148 valence electrons. The third-order valence-electron chi connectivity index (χ3n) is 4.40. The lowest BCUT2D eigenvalue weighted by molar-refractivity contribution is -0.119. The molecule has 1 aromatic carbocycles. The van der Waals surface area contributed by atoms with Gasteiger partial charge in [-0.3, -0.25) is 9.36 Å². The Morgan fingerprint density at radius 2 is 2.11 bits per heavy atom. The number of rotatable bonds is 9. The standard InChI is InChI=1S/C21H25N3O3S/c1-15(2)12-23-20(17-9-10-28-14-17)22-24(21(23)26)13-18(25)8-7-16-5-4-6-19(11-16)27-3/h4-6,9-11,14-15H,7-8,12-13H2,1-3H3. The lowest BCUT2D eigenvalue weighted by Crippen LogP contribution is -2.29. The number of carbonyl (C=O) groups excluding carboxylic acids is 1. The van der Waals surface area contributed by atoms with Crippen LogP contribution in [0.25, 0.3) is 11.4 Å². The first-order valence-electron chi connectivity index (χ1n) is 9.32. The molecule has 0 unspecified atom stereocenters. The van der Waals surface area contributed by atoms with Crippen LogP contribution in [-0.4, -0.2) is 27.2 Å². The SMILES string of the molecule is COc1cccc(CCC(=O)Cn2nc(-c3ccsc3)n(CC(C)C)c2=O)c1. The van der Waals surface area contributed by atoms with E-state index in [1.807, 2.05) is 41.1 Å². The first-order valence-corrected chi connectivity index (χ1v) is 10.3. The Labute approximate surface area is 168 Å². The second-order valence-electron chi connectivity index (χ2n) is 7.17. The molecule has 0 aliphatic heterocycles. The van der Waals surface area contributed by atoms with Gasteiger partial charge in [0.1, 0.15) is 12.3 Å². The molecule has 0 aliphatic carbocycles. The summed E-state index contributed by atoms with van der Waals surface area (Å²) in [5.74, 6) is 1.68. The maximum Gasteiger partial charge on any atom is 0.346 e. The van der Waals surface area contributed by atoms with Crippen LogP contribution < -0.4 is 10.4 Å². The quantitative estimate of drug-likeness (QED) is 0.551. The largest absolute Gasteiger partial charge is 0.497 e. The number of methoxy groups -OCH3 is 1. The zero-order chi connectivity index (χ0) is 20.1. The number of ether oxygens (including phenoxy) is 1. The zero-order valence-electron chi connectivity index (χ0n) is 16.4. The maximum absolute atomic E-state index is 12.8. The molecule has 0 spiro atoms. The van der Waals surface area contributed by atoms with Gasteiger partial charge in [-0.15, -0.1) is 5.10 Å². The molecule has 0 bridgehead atoms. The van der Waals surface area contributed by atoms with Crippen molar-refractivity contribution in [1.29, 1.82) is 0 Å². The molecule has 0 N–H and O–H groups in total. The van der Waals surface area contributed by atoms with Gasteiger partial charge < -0.3 is 4.74 Å². The highest BCUT2D eigenvalue weighted by atomic mass is 32.1. The monoisotopic (exact) mass is 399 g/mol. The zero-order valence-corrected chi connectivity index (χ0v) is 17.2. The number of hydrogen-bond donors (Lipinski definition) is 0. The molecule has 3 aromatic rings. The minimum Gasteiger partial charge on any atom is -0.497 e. The van der Waals surface area contributed by atoms with Crippen LogP contribution in [0.1, 0.15) is 25.8 Å². The van der Waals surface area contributed by atoms with Crippen LogP contribution in [0.2, 0.25) is 0 Å². The molecule has 0 saturated carbocycles. The van der Waals surface area contributed by atoms with Crippen molar-refractivity contribution in [3.8, 4) is 17.1 Å². The lowest BCUT2D eigenvalue weighted by atomic mass is 10.1. The number of nitrogens with zero attached hydrogens (tertiary/aromatic N) is 3. The molecule has 6 nitrogen and oxygen atoms in total. The number of ketones is 1. The van der Waals surface area contributed by atoms with Gasteiger partial charge in [-0.05, 0) is 41.5 Å². The predicted molar refractivity (Wildman–Crippen MR) is 111 cm³/mol. The van der Waals surface area contributed by atoms with Crippen LogP contribution >= 0.6 is 11.3 Å². The van der Waals surface area contributed by atoms with Gasteiger partial charge >= 0.3 is 5.69 Å². The minimum atomic E-state index is -0.232. The van der Waals surface area contributed by atoms with Gasteiger partial charge in [-0.1, -0.05) is 26.0 Å². The number of aromatic nitrogens is 3. The average molecular weight is 400 g/mol. The molecule has 0 amide bonds. The Morgan fingerprint density at radius 1 is 1.29 bits per heavy atom.